The highest BCUT2D eigenvalue weighted by atomic mass is 32.2. The van der Waals surface area contributed by atoms with Crippen LogP contribution in [0.15, 0.2) is 65.6 Å². The summed E-state index contributed by atoms with van der Waals surface area (Å²) in [4.78, 5) is 24.3. The summed E-state index contributed by atoms with van der Waals surface area (Å²) in [7, 11) is 1.16. The molecule has 1 saturated heterocycles. The number of rotatable bonds is 11. The van der Waals surface area contributed by atoms with Gasteiger partial charge in [0.15, 0.2) is 0 Å². The molecular formula is C25H31NO9S. The lowest BCUT2D eigenvalue weighted by Gasteiger charge is -2.47. The van der Waals surface area contributed by atoms with Gasteiger partial charge in [-0.25, -0.2) is 4.79 Å². The molecule has 0 spiro atoms. The molecule has 10 nitrogen and oxygen atoms in total. The number of methoxy groups -OCH3 is 1. The van der Waals surface area contributed by atoms with Crippen LogP contribution in [0.3, 0.4) is 0 Å². The van der Waals surface area contributed by atoms with Gasteiger partial charge >= 0.3 is 5.97 Å². The third-order valence-electron chi connectivity index (χ3n) is 5.69. The van der Waals surface area contributed by atoms with Crippen LogP contribution >= 0.6 is 11.8 Å². The SMILES string of the molecule is COC(=O)[C@]1(Sc2ccccc2)C[C@H](O)[C@@H](NC(=O)COCc2ccccc2)[C@H]([C@H](O)[C@H](O)CO)O1. The van der Waals surface area contributed by atoms with Crippen molar-refractivity contribution >= 4 is 23.6 Å². The van der Waals surface area contributed by atoms with Crippen molar-refractivity contribution in [1.82, 2.24) is 5.32 Å². The third kappa shape index (κ3) is 7.04. The average Bonchev–Trinajstić information content (AvgIpc) is 2.89. The van der Waals surface area contributed by atoms with E-state index in [1.165, 1.54) is 0 Å². The predicted octanol–water partition coefficient (Wildman–Crippen LogP) is 0.213. The second-order valence-corrected chi connectivity index (χ2v) is 9.66. The number of aliphatic hydroxyl groups excluding tert-OH is 4. The maximum absolute atomic E-state index is 12.9. The van der Waals surface area contributed by atoms with Crippen molar-refractivity contribution in [1.29, 1.82) is 0 Å². The Morgan fingerprint density at radius 3 is 2.39 bits per heavy atom. The molecule has 2 aromatic carbocycles. The molecule has 1 fully saturated rings. The Bertz CT molecular complexity index is 980. The molecule has 0 saturated carbocycles. The minimum absolute atomic E-state index is 0.187. The van der Waals surface area contributed by atoms with Gasteiger partial charge in [-0.15, -0.1) is 0 Å². The fourth-order valence-electron chi connectivity index (χ4n) is 3.89. The highest BCUT2D eigenvalue weighted by molar-refractivity contribution is 8.01. The molecule has 36 heavy (non-hydrogen) atoms. The minimum Gasteiger partial charge on any atom is -0.466 e. The van der Waals surface area contributed by atoms with Crippen LogP contribution in [-0.2, 0) is 30.4 Å². The number of esters is 1. The van der Waals surface area contributed by atoms with E-state index in [9.17, 15) is 30.0 Å². The molecule has 0 aliphatic carbocycles. The summed E-state index contributed by atoms with van der Waals surface area (Å²) in [5.74, 6) is -1.42. The number of carbonyl (C=O) groups is 2. The molecular weight excluding hydrogens is 490 g/mol. The van der Waals surface area contributed by atoms with Crippen LogP contribution in [0.4, 0.5) is 0 Å². The summed E-state index contributed by atoms with van der Waals surface area (Å²) in [5.41, 5.74) is 0.867. The Hall–Kier alpha value is -2.51. The largest absolute Gasteiger partial charge is 0.466 e. The average molecular weight is 522 g/mol. The van der Waals surface area contributed by atoms with Gasteiger partial charge in [0.2, 0.25) is 10.8 Å². The van der Waals surface area contributed by atoms with Gasteiger partial charge in [0, 0.05) is 11.3 Å². The molecule has 0 bridgehead atoms. The van der Waals surface area contributed by atoms with Crippen LogP contribution in [0.1, 0.15) is 12.0 Å². The number of ether oxygens (including phenoxy) is 3. The van der Waals surface area contributed by atoms with Crippen molar-refractivity contribution in [2.45, 2.75) is 53.3 Å². The lowest BCUT2D eigenvalue weighted by Crippen LogP contribution is -2.66. The van der Waals surface area contributed by atoms with Gasteiger partial charge < -0.3 is 40.0 Å². The second-order valence-electron chi connectivity index (χ2n) is 8.33. The molecule has 2 aromatic rings. The van der Waals surface area contributed by atoms with E-state index in [-0.39, 0.29) is 19.6 Å². The number of nitrogens with one attached hydrogen (secondary N) is 1. The van der Waals surface area contributed by atoms with Gasteiger partial charge in [-0.2, -0.15) is 0 Å². The van der Waals surface area contributed by atoms with Gasteiger partial charge in [-0.3, -0.25) is 4.79 Å². The normalized spacial score (nSPS) is 25.5. The van der Waals surface area contributed by atoms with Crippen LogP contribution in [0.2, 0.25) is 0 Å². The van der Waals surface area contributed by atoms with E-state index < -0.39 is 53.9 Å². The van der Waals surface area contributed by atoms with Crippen molar-refractivity contribution in [3.8, 4) is 0 Å². The maximum Gasteiger partial charge on any atom is 0.349 e. The van der Waals surface area contributed by atoms with Crippen molar-refractivity contribution in [2.24, 2.45) is 0 Å². The summed E-state index contributed by atoms with van der Waals surface area (Å²) in [5, 5.41) is 43.8. The van der Waals surface area contributed by atoms with E-state index in [0.717, 1.165) is 24.4 Å². The molecule has 6 atom stereocenters. The minimum atomic E-state index is -1.79. The molecule has 196 valence electrons. The molecule has 0 radical (unpaired) electrons. The van der Waals surface area contributed by atoms with E-state index >= 15 is 0 Å². The Balaban J connectivity index is 1.79. The van der Waals surface area contributed by atoms with Crippen LogP contribution < -0.4 is 5.32 Å². The van der Waals surface area contributed by atoms with Gasteiger partial charge in [-0.1, -0.05) is 60.3 Å². The summed E-state index contributed by atoms with van der Waals surface area (Å²) < 4.78 is 16.4. The highest BCUT2D eigenvalue weighted by Gasteiger charge is 2.55. The van der Waals surface area contributed by atoms with Crippen LogP contribution in [0.5, 0.6) is 0 Å². The molecule has 11 heteroatoms. The lowest BCUT2D eigenvalue weighted by molar-refractivity contribution is -0.207. The van der Waals surface area contributed by atoms with E-state index in [4.69, 9.17) is 14.2 Å². The number of aliphatic hydroxyl groups is 4. The van der Waals surface area contributed by atoms with Crippen molar-refractivity contribution in [3.05, 3.63) is 66.2 Å². The number of benzene rings is 2. The van der Waals surface area contributed by atoms with Crippen LogP contribution in [0.25, 0.3) is 0 Å². The van der Waals surface area contributed by atoms with Crippen LogP contribution in [0, 0.1) is 0 Å². The van der Waals surface area contributed by atoms with Crippen molar-refractivity contribution in [2.75, 3.05) is 20.3 Å². The molecule has 1 amide bonds. The second kappa shape index (κ2) is 13.2. The first-order chi connectivity index (χ1) is 17.3. The van der Waals surface area contributed by atoms with E-state index in [2.05, 4.69) is 5.32 Å². The molecule has 3 rings (SSSR count). The Kier molecular flexibility index (Phi) is 10.3. The van der Waals surface area contributed by atoms with Gasteiger partial charge in [-0.05, 0) is 17.7 Å². The zero-order valence-electron chi connectivity index (χ0n) is 19.7. The van der Waals surface area contributed by atoms with Crippen molar-refractivity contribution < 1.29 is 44.2 Å². The quantitative estimate of drug-likeness (QED) is 0.259. The van der Waals surface area contributed by atoms with Gasteiger partial charge in [0.1, 0.15) is 24.9 Å². The fourth-order valence-corrected chi connectivity index (χ4v) is 5.14. The Morgan fingerprint density at radius 2 is 1.78 bits per heavy atom. The first kappa shape index (κ1) is 28.1. The van der Waals surface area contributed by atoms with E-state index in [1.54, 1.807) is 30.3 Å². The number of amides is 1. The number of thioether (sulfide) groups is 1. The predicted molar refractivity (Wildman–Crippen MR) is 130 cm³/mol. The van der Waals surface area contributed by atoms with Crippen molar-refractivity contribution in [3.63, 3.8) is 0 Å². The molecule has 0 aromatic heterocycles. The maximum atomic E-state index is 12.9. The molecule has 0 unspecified atom stereocenters. The lowest BCUT2D eigenvalue weighted by atomic mass is 9.89. The first-order valence-electron chi connectivity index (χ1n) is 11.4. The third-order valence-corrected chi connectivity index (χ3v) is 6.95. The summed E-state index contributed by atoms with van der Waals surface area (Å²) >= 11 is 0.972. The van der Waals surface area contributed by atoms with Gasteiger partial charge in [0.25, 0.3) is 0 Å². The van der Waals surface area contributed by atoms with E-state index in [1.807, 2.05) is 30.3 Å². The summed E-state index contributed by atoms with van der Waals surface area (Å²) in [6, 6.07) is 16.8. The highest BCUT2D eigenvalue weighted by Crippen LogP contribution is 2.44. The monoisotopic (exact) mass is 521 g/mol. The Morgan fingerprint density at radius 1 is 1.14 bits per heavy atom. The molecule has 5 N–H and O–H groups in total. The summed E-state index contributed by atoms with van der Waals surface area (Å²) in [6.45, 7) is -0.966. The topological polar surface area (TPSA) is 155 Å². The molecule has 1 aliphatic rings. The number of carbonyl (C=O) groups excluding carboxylic acids is 2. The van der Waals surface area contributed by atoms with Crippen LogP contribution in [-0.4, -0.2) is 88.0 Å². The number of hydrogen-bond donors (Lipinski definition) is 5. The first-order valence-corrected chi connectivity index (χ1v) is 12.2. The number of hydrogen-bond acceptors (Lipinski definition) is 10. The molecule has 1 aliphatic heterocycles. The standard InChI is InChI=1S/C25H31NO9S/c1-33-24(32)25(36-17-10-6-3-7-11-17)12-18(28)21(23(35-25)22(31)19(29)13-27)26-20(30)15-34-14-16-8-4-2-5-9-16/h2-11,18-19,21-23,27-29,31H,12-15H2,1H3,(H,26,30)/t18-,19+,21+,22+,23+,25+/m0/s1. The van der Waals surface area contributed by atoms with E-state index in [0.29, 0.717) is 4.90 Å². The smallest absolute Gasteiger partial charge is 0.349 e. The van der Waals surface area contributed by atoms with Gasteiger partial charge in [0.05, 0.1) is 32.5 Å². The fraction of sp³-hybridized carbons (Fsp3) is 0.440. The molecule has 1 heterocycles. The zero-order valence-corrected chi connectivity index (χ0v) is 20.5. The Labute approximate surface area is 213 Å². The zero-order chi connectivity index (χ0) is 26.1. The summed E-state index contributed by atoms with van der Waals surface area (Å²) in [6.07, 6.45) is -6.54.